The first kappa shape index (κ1) is 13.8. The first-order chi connectivity index (χ1) is 8.83. The van der Waals surface area contributed by atoms with Crippen molar-refractivity contribution in [3.05, 3.63) is 0 Å². The van der Waals surface area contributed by atoms with Crippen LogP contribution in [0.2, 0.25) is 0 Å². The number of likely N-dealkylation sites (N-methyl/N-ethyl adjacent to an activating group) is 1. The number of rotatable bonds is 4. The van der Waals surface area contributed by atoms with Gasteiger partial charge in [0, 0.05) is 25.7 Å². The van der Waals surface area contributed by atoms with Crippen LogP contribution in [0.4, 0.5) is 0 Å². The van der Waals surface area contributed by atoms with Gasteiger partial charge >= 0.3 is 0 Å². The van der Waals surface area contributed by atoms with E-state index >= 15 is 0 Å². The minimum atomic E-state index is 0.199. The maximum Gasteiger partial charge on any atom is 0.0826 e. The Balaban J connectivity index is 1.74. The molecule has 0 aromatic rings. The lowest BCUT2D eigenvalue weighted by molar-refractivity contribution is -0.0272. The van der Waals surface area contributed by atoms with E-state index in [1.807, 2.05) is 0 Å². The molecule has 4 heteroatoms. The molecule has 1 heterocycles. The van der Waals surface area contributed by atoms with E-state index in [-0.39, 0.29) is 5.92 Å². The van der Waals surface area contributed by atoms with Crippen LogP contribution in [0.15, 0.2) is 0 Å². The average Bonchev–Trinajstić information content (AvgIpc) is 2.45. The quantitative estimate of drug-likeness (QED) is 0.820. The second-order valence-electron chi connectivity index (χ2n) is 5.42. The van der Waals surface area contributed by atoms with E-state index in [1.165, 1.54) is 12.8 Å². The van der Waals surface area contributed by atoms with Gasteiger partial charge in [0.2, 0.25) is 0 Å². The smallest absolute Gasteiger partial charge is 0.0826 e. The molecule has 0 radical (unpaired) electrons. The Morgan fingerprint density at radius 2 is 2.22 bits per heavy atom. The minimum Gasteiger partial charge on any atom is -0.374 e. The number of hydrogen-bond donors (Lipinski definition) is 1. The van der Waals surface area contributed by atoms with Gasteiger partial charge < -0.3 is 10.1 Å². The molecule has 2 fully saturated rings. The standard InChI is InChI=1S/C14H25N3O/c1-2-17-7-8-18-13(11-17)10-16-14-6-4-3-5-12(14)9-15/h12-14,16H,2-8,10-11H2,1H3. The molecule has 3 unspecified atom stereocenters. The van der Waals surface area contributed by atoms with E-state index in [0.717, 1.165) is 45.6 Å². The number of nitrogens with one attached hydrogen (secondary N) is 1. The SMILES string of the molecule is CCN1CCOC(CNC2CCCCC2C#N)C1. The van der Waals surface area contributed by atoms with Crippen molar-refractivity contribution in [2.75, 3.05) is 32.8 Å². The monoisotopic (exact) mass is 251 g/mol. The van der Waals surface area contributed by atoms with Gasteiger partial charge in [0.1, 0.15) is 0 Å². The van der Waals surface area contributed by atoms with Crippen LogP contribution < -0.4 is 5.32 Å². The summed E-state index contributed by atoms with van der Waals surface area (Å²) in [7, 11) is 0. The molecule has 0 bridgehead atoms. The zero-order valence-electron chi connectivity index (χ0n) is 11.4. The maximum atomic E-state index is 9.15. The zero-order chi connectivity index (χ0) is 12.8. The highest BCUT2D eigenvalue weighted by Crippen LogP contribution is 2.23. The van der Waals surface area contributed by atoms with Gasteiger partial charge in [0.15, 0.2) is 0 Å². The van der Waals surface area contributed by atoms with E-state index < -0.39 is 0 Å². The molecule has 102 valence electrons. The number of ether oxygens (including phenoxy) is 1. The Hall–Kier alpha value is -0.630. The van der Waals surface area contributed by atoms with Crippen molar-refractivity contribution in [1.29, 1.82) is 5.26 Å². The molecular formula is C14H25N3O. The Bertz CT molecular complexity index is 289. The summed E-state index contributed by atoms with van der Waals surface area (Å²) in [5, 5.41) is 12.7. The number of nitriles is 1. The lowest BCUT2D eigenvalue weighted by atomic mass is 9.85. The highest BCUT2D eigenvalue weighted by Gasteiger charge is 2.26. The second kappa shape index (κ2) is 7.08. The van der Waals surface area contributed by atoms with Gasteiger partial charge in [0.05, 0.1) is 24.7 Å². The van der Waals surface area contributed by atoms with Gasteiger partial charge in [-0.2, -0.15) is 5.26 Å². The number of morpholine rings is 1. The van der Waals surface area contributed by atoms with E-state index in [1.54, 1.807) is 0 Å². The largest absolute Gasteiger partial charge is 0.374 e. The van der Waals surface area contributed by atoms with Crippen LogP contribution in [0.1, 0.15) is 32.6 Å². The van der Waals surface area contributed by atoms with Crippen LogP contribution in [-0.2, 0) is 4.74 Å². The Labute approximate surface area is 110 Å². The Morgan fingerprint density at radius 3 is 3.00 bits per heavy atom. The predicted octanol–water partition coefficient (Wildman–Crippen LogP) is 1.38. The highest BCUT2D eigenvalue weighted by atomic mass is 16.5. The molecule has 1 aliphatic heterocycles. The van der Waals surface area contributed by atoms with Crippen LogP contribution in [-0.4, -0.2) is 49.8 Å². The van der Waals surface area contributed by atoms with Crippen molar-refractivity contribution >= 4 is 0 Å². The summed E-state index contributed by atoms with van der Waals surface area (Å²) in [4.78, 5) is 2.43. The number of nitrogens with zero attached hydrogens (tertiary/aromatic N) is 2. The normalized spacial score (nSPS) is 34.1. The van der Waals surface area contributed by atoms with Gasteiger partial charge in [0.25, 0.3) is 0 Å². The second-order valence-corrected chi connectivity index (χ2v) is 5.42. The predicted molar refractivity (Wildman–Crippen MR) is 71.2 cm³/mol. The molecule has 18 heavy (non-hydrogen) atoms. The van der Waals surface area contributed by atoms with Crippen LogP contribution >= 0.6 is 0 Å². The molecule has 0 amide bonds. The molecule has 1 N–H and O–H groups in total. The third kappa shape index (κ3) is 3.68. The first-order valence-corrected chi connectivity index (χ1v) is 7.30. The minimum absolute atomic E-state index is 0.199. The average molecular weight is 251 g/mol. The van der Waals surface area contributed by atoms with Crippen molar-refractivity contribution in [3.8, 4) is 6.07 Å². The van der Waals surface area contributed by atoms with Crippen molar-refractivity contribution < 1.29 is 4.74 Å². The van der Waals surface area contributed by atoms with Gasteiger partial charge in [-0.1, -0.05) is 19.8 Å². The summed E-state index contributed by atoms with van der Waals surface area (Å²) in [5.74, 6) is 0.199. The summed E-state index contributed by atoms with van der Waals surface area (Å²) in [6, 6.07) is 2.83. The summed E-state index contributed by atoms with van der Waals surface area (Å²) in [5.41, 5.74) is 0. The fourth-order valence-electron chi connectivity index (χ4n) is 3.00. The van der Waals surface area contributed by atoms with Crippen molar-refractivity contribution in [2.24, 2.45) is 5.92 Å². The summed E-state index contributed by atoms with van der Waals surface area (Å²) in [6.45, 7) is 7.10. The molecule has 3 atom stereocenters. The first-order valence-electron chi connectivity index (χ1n) is 7.30. The fourth-order valence-corrected chi connectivity index (χ4v) is 3.00. The third-order valence-corrected chi connectivity index (χ3v) is 4.21. The van der Waals surface area contributed by atoms with E-state index in [2.05, 4.69) is 23.2 Å². The Kier molecular flexibility index (Phi) is 5.43. The molecular weight excluding hydrogens is 226 g/mol. The lowest BCUT2D eigenvalue weighted by Crippen LogP contribution is -2.49. The van der Waals surface area contributed by atoms with Gasteiger partial charge in [-0.25, -0.2) is 0 Å². The molecule has 1 saturated heterocycles. The molecule has 0 aromatic carbocycles. The molecule has 1 saturated carbocycles. The van der Waals surface area contributed by atoms with Crippen LogP contribution in [0.25, 0.3) is 0 Å². The molecule has 2 aliphatic rings. The highest BCUT2D eigenvalue weighted by molar-refractivity contribution is 4.95. The molecule has 0 spiro atoms. The topological polar surface area (TPSA) is 48.3 Å². The molecule has 4 nitrogen and oxygen atoms in total. The van der Waals surface area contributed by atoms with Crippen molar-refractivity contribution in [1.82, 2.24) is 10.2 Å². The summed E-state index contributed by atoms with van der Waals surface area (Å²) in [6.07, 6.45) is 4.95. The van der Waals surface area contributed by atoms with Gasteiger partial charge in [-0.15, -0.1) is 0 Å². The molecule has 0 aromatic heterocycles. The van der Waals surface area contributed by atoms with Crippen molar-refractivity contribution in [2.45, 2.75) is 44.8 Å². The lowest BCUT2D eigenvalue weighted by Gasteiger charge is -2.34. The fraction of sp³-hybridized carbons (Fsp3) is 0.929. The van der Waals surface area contributed by atoms with E-state index in [4.69, 9.17) is 10.00 Å². The van der Waals surface area contributed by atoms with E-state index in [9.17, 15) is 0 Å². The summed E-state index contributed by atoms with van der Waals surface area (Å²) < 4.78 is 5.78. The summed E-state index contributed by atoms with van der Waals surface area (Å²) >= 11 is 0. The van der Waals surface area contributed by atoms with Crippen LogP contribution in [0.5, 0.6) is 0 Å². The molecule has 2 rings (SSSR count). The van der Waals surface area contributed by atoms with Crippen LogP contribution in [0, 0.1) is 17.2 Å². The van der Waals surface area contributed by atoms with Gasteiger partial charge in [-0.3, -0.25) is 4.90 Å². The molecule has 1 aliphatic carbocycles. The number of hydrogen-bond acceptors (Lipinski definition) is 4. The third-order valence-electron chi connectivity index (χ3n) is 4.21. The van der Waals surface area contributed by atoms with Crippen LogP contribution in [0.3, 0.4) is 0 Å². The Morgan fingerprint density at radius 1 is 1.39 bits per heavy atom. The van der Waals surface area contributed by atoms with E-state index in [0.29, 0.717) is 12.1 Å². The maximum absolute atomic E-state index is 9.15. The zero-order valence-corrected chi connectivity index (χ0v) is 11.4. The van der Waals surface area contributed by atoms with Crippen molar-refractivity contribution in [3.63, 3.8) is 0 Å². The van der Waals surface area contributed by atoms with Gasteiger partial charge in [-0.05, 0) is 19.4 Å².